The smallest absolute Gasteiger partial charge is 0.289 e. The fraction of sp³-hybridized carbons (Fsp3) is 0. The molecule has 0 spiro atoms. The summed E-state index contributed by atoms with van der Waals surface area (Å²) in [7, 11) is 0. The number of nitrogens with zero attached hydrogens (tertiary/aromatic N) is 2. The maximum absolute atomic E-state index is 13.7. The van der Waals surface area contributed by atoms with Crippen LogP contribution < -0.4 is 5.32 Å². The second-order valence-corrected chi connectivity index (χ2v) is 4.77. The second kappa shape index (κ2) is 5.67. The first kappa shape index (κ1) is 14.0. The van der Waals surface area contributed by atoms with Gasteiger partial charge < -0.3 is 5.32 Å². The van der Waals surface area contributed by atoms with Crippen molar-refractivity contribution in [3.63, 3.8) is 0 Å². The van der Waals surface area contributed by atoms with Crippen LogP contribution >= 0.6 is 15.9 Å². The molecular weight excluding hydrogens is 329 g/mol. The highest BCUT2D eigenvalue weighted by molar-refractivity contribution is 9.10. The zero-order valence-electron chi connectivity index (χ0n) is 9.93. The van der Waals surface area contributed by atoms with Gasteiger partial charge >= 0.3 is 0 Å². The predicted octanol–water partition coefficient (Wildman–Crippen LogP) is 4.11. The summed E-state index contributed by atoms with van der Waals surface area (Å²) in [5.41, 5.74) is 0.149. The summed E-state index contributed by atoms with van der Waals surface area (Å²) in [6, 6.07) is 10.2. The highest BCUT2D eigenvalue weighted by Gasteiger charge is 2.14. The van der Waals surface area contributed by atoms with Gasteiger partial charge in [-0.1, -0.05) is 15.9 Å². The molecule has 0 saturated carbocycles. The normalized spacial score (nSPS) is 9.85. The Labute approximate surface area is 121 Å². The molecule has 0 aliphatic rings. The minimum absolute atomic E-state index is 0.0446. The molecule has 0 saturated heterocycles. The summed E-state index contributed by atoms with van der Waals surface area (Å²) in [4.78, 5) is 10.2. The number of nitro benzene ring substituents is 1. The minimum Gasteiger partial charge on any atom is -0.353 e. The summed E-state index contributed by atoms with van der Waals surface area (Å²) in [6.07, 6.45) is 0. The molecule has 0 heterocycles. The van der Waals surface area contributed by atoms with E-state index in [0.29, 0.717) is 10.2 Å². The first-order valence-corrected chi connectivity index (χ1v) is 6.21. The number of nitrogens with one attached hydrogen (secondary N) is 1. The second-order valence-electron chi connectivity index (χ2n) is 3.85. The van der Waals surface area contributed by atoms with Crippen LogP contribution in [0.15, 0.2) is 40.9 Å². The van der Waals surface area contributed by atoms with Gasteiger partial charge in [-0.25, -0.2) is 4.39 Å². The van der Waals surface area contributed by atoms with E-state index in [0.717, 1.165) is 0 Å². The van der Waals surface area contributed by atoms with Crippen LogP contribution in [0.4, 0.5) is 21.5 Å². The maximum atomic E-state index is 13.7. The Morgan fingerprint density at radius 1 is 1.30 bits per heavy atom. The Bertz CT molecular complexity index is 728. The molecule has 0 amide bonds. The quantitative estimate of drug-likeness (QED) is 0.676. The van der Waals surface area contributed by atoms with Crippen molar-refractivity contribution in [2.45, 2.75) is 0 Å². The van der Waals surface area contributed by atoms with Crippen LogP contribution in [0.3, 0.4) is 0 Å². The molecule has 0 fully saturated rings. The van der Waals surface area contributed by atoms with Gasteiger partial charge in [0.05, 0.1) is 10.6 Å². The zero-order chi connectivity index (χ0) is 14.7. The summed E-state index contributed by atoms with van der Waals surface area (Å²) in [5, 5.41) is 22.4. The first-order valence-electron chi connectivity index (χ1n) is 5.42. The van der Waals surface area contributed by atoms with Crippen molar-refractivity contribution < 1.29 is 9.31 Å². The van der Waals surface area contributed by atoms with Gasteiger partial charge in [-0.2, -0.15) is 5.26 Å². The molecule has 0 unspecified atom stereocenters. The van der Waals surface area contributed by atoms with Crippen LogP contribution in [0.5, 0.6) is 0 Å². The van der Waals surface area contributed by atoms with Gasteiger partial charge in [-0.3, -0.25) is 10.1 Å². The lowest BCUT2D eigenvalue weighted by Gasteiger charge is -2.08. The molecule has 1 N–H and O–H groups in total. The highest BCUT2D eigenvalue weighted by Crippen LogP contribution is 2.27. The third-order valence-electron chi connectivity index (χ3n) is 2.53. The molecule has 2 aromatic carbocycles. The van der Waals surface area contributed by atoms with Crippen molar-refractivity contribution in [3.05, 3.63) is 62.4 Å². The van der Waals surface area contributed by atoms with Crippen LogP contribution in [-0.2, 0) is 0 Å². The maximum Gasteiger partial charge on any atom is 0.289 e. The lowest BCUT2D eigenvalue weighted by molar-refractivity contribution is -0.385. The number of hydrogen-bond acceptors (Lipinski definition) is 4. The van der Waals surface area contributed by atoms with Gasteiger partial charge in [0.25, 0.3) is 5.69 Å². The molecule has 20 heavy (non-hydrogen) atoms. The van der Waals surface area contributed by atoms with E-state index in [1.54, 1.807) is 12.1 Å². The SMILES string of the molecule is N#Cc1ccc(Nc2ccc(Br)cc2F)cc1[N+](=O)[O-]. The molecule has 0 aliphatic carbocycles. The average Bonchev–Trinajstić information content (AvgIpc) is 2.41. The van der Waals surface area contributed by atoms with Crippen molar-refractivity contribution in [3.8, 4) is 6.07 Å². The van der Waals surface area contributed by atoms with Gasteiger partial charge in [0, 0.05) is 16.2 Å². The van der Waals surface area contributed by atoms with E-state index >= 15 is 0 Å². The molecule has 0 bridgehead atoms. The van der Waals surface area contributed by atoms with Crippen LogP contribution in [0.2, 0.25) is 0 Å². The summed E-state index contributed by atoms with van der Waals surface area (Å²) in [5.74, 6) is -0.494. The van der Waals surface area contributed by atoms with Crippen LogP contribution in [0.1, 0.15) is 5.56 Å². The van der Waals surface area contributed by atoms with Crippen LogP contribution in [0, 0.1) is 27.3 Å². The Balaban J connectivity index is 2.37. The number of benzene rings is 2. The topological polar surface area (TPSA) is 79.0 Å². The summed E-state index contributed by atoms with van der Waals surface area (Å²) >= 11 is 3.14. The van der Waals surface area contributed by atoms with Gasteiger partial charge in [-0.05, 0) is 30.3 Å². The van der Waals surface area contributed by atoms with E-state index in [4.69, 9.17) is 5.26 Å². The number of nitro groups is 1. The van der Waals surface area contributed by atoms with E-state index < -0.39 is 10.7 Å². The number of rotatable bonds is 3. The zero-order valence-corrected chi connectivity index (χ0v) is 11.5. The Hall–Kier alpha value is -2.46. The fourth-order valence-corrected chi connectivity index (χ4v) is 1.93. The molecule has 5 nitrogen and oxygen atoms in total. The predicted molar refractivity (Wildman–Crippen MR) is 75.2 cm³/mol. The fourth-order valence-electron chi connectivity index (χ4n) is 1.60. The summed E-state index contributed by atoms with van der Waals surface area (Å²) < 4.78 is 14.3. The Morgan fingerprint density at radius 2 is 2.05 bits per heavy atom. The van der Waals surface area contributed by atoms with Gasteiger partial charge in [-0.15, -0.1) is 0 Å². The number of hydrogen-bond donors (Lipinski definition) is 1. The molecule has 2 aromatic rings. The Kier molecular flexibility index (Phi) is 3.96. The molecular formula is C13H7BrFN3O2. The third kappa shape index (κ3) is 2.92. The highest BCUT2D eigenvalue weighted by atomic mass is 79.9. The first-order chi connectivity index (χ1) is 9.51. The van der Waals surface area contributed by atoms with E-state index in [-0.39, 0.29) is 16.9 Å². The third-order valence-corrected chi connectivity index (χ3v) is 3.02. The van der Waals surface area contributed by atoms with Crippen LogP contribution in [0.25, 0.3) is 0 Å². The van der Waals surface area contributed by atoms with Crippen molar-refractivity contribution >= 4 is 33.0 Å². The summed E-state index contributed by atoms with van der Waals surface area (Å²) in [6.45, 7) is 0. The van der Waals surface area contributed by atoms with Crippen LogP contribution in [-0.4, -0.2) is 4.92 Å². The van der Waals surface area contributed by atoms with Crippen molar-refractivity contribution in [1.82, 2.24) is 0 Å². The van der Waals surface area contributed by atoms with Gasteiger partial charge in [0.15, 0.2) is 0 Å². The standard InChI is InChI=1S/C13H7BrFN3O2/c14-9-2-4-12(11(15)5-9)17-10-3-1-8(7-16)13(6-10)18(19)20/h1-6,17H. The molecule has 0 atom stereocenters. The number of anilines is 2. The molecule has 2 rings (SSSR count). The minimum atomic E-state index is -0.651. The van der Waals surface area contributed by atoms with E-state index in [2.05, 4.69) is 21.2 Å². The monoisotopic (exact) mass is 335 g/mol. The molecule has 0 aromatic heterocycles. The van der Waals surface area contributed by atoms with Crippen molar-refractivity contribution in [2.75, 3.05) is 5.32 Å². The molecule has 0 aliphatic heterocycles. The van der Waals surface area contributed by atoms with E-state index in [1.807, 2.05) is 0 Å². The number of nitriles is 1. The van der Waals surface area contributed by atoms with Gasteiger partial charge in [0.2, 0.25) is 0 Å². The molecule has 100 valence electrons. The van der Waals surface area contributed by atoms with E-state index in [1.165, 1.54) is 30.3 Å². The lowest BCUT2D eigenvalue weighted by Crippen LogP contribution is -1.97. The average molecular weight is 336 g/mol. The molecule has 7 heteroatoms. The largest absolute Gasteiger partial charge is 0.353 e. The van der Waals surface area contributed by atoms with E-state index in [9.17, 15) is 14.5 Å². The number of halogens is 2. The molecule has 0 radical (unpaired) electrons. The lowest BCUT2D eigenvalue weighted by atomic mass is 10.1. The Morgan fingerprint density at radius 3 is 2.65 bits per heavy atom. The van der Waals surface area contributed by atoms with Crippen molar-refractivity contribution in [2.24, 2.45) is 0 Å². The van der Waals surface area contributed by atoms with Crippen molar-refractivity contribution in [1.29, 1.82) is 5.26 Å². The van der Waals surface area contributed by atoms with Gasteiger partial charge in [0.1, 0.15) is 17.4 Å².